The third kappa shape index (κ3) is 2.30. The predicted molar refractivity (Wildman–Crippen MR) is 67.3 cm³/mol. The van der Waals surface area contributed by atoms with Gasteiger partial charge in [0.1, 0.15) is 5.75 Å². The van der Waals surface area contributed by atoms with Crippen molar-refractivity contribution in [3.05, 3.63) is 24.3 Å². The van der Waals surface area contributed by atoms with Crippen LogP contribution in [0.2, 0.25) is 0 Å². The van der Waals surface area contributed by atoms with Gasteiger partial charge in [-0.15, -0.1) is 0 Å². The van der Waals surface area contributed by atoms with Gasteiger partial charge in [-0.2, -0.15) is 0 Å². The van der Waals surface area contributed by atoms with Crippen molar-refractivity contribution in [2.24, 2.45) is 0 Å². The minimum absolute atomic E-state index is 0.546. The summed E-state index contributed by atoms with van der Waals surface area (Å²) in [5.74, 6) is 0.916. The first-order valence-electron chi connectivity index (χ1n) is 5.85. The minimum Gasteiger partial charge on any atom is -0.497 e. The van der Waals surface area contributed by atoms with Gasteiger partial charge in [-0.1, -0.05) is 0 Å². The maximum atomic E-state index is 5.17. The summed E-state index contributed by atoms with van der Waals surface area (Å²) < 4.78 is 5.17. The number of nitrogens with one attached hydrogen (secondary N) is 1. The number of piperazine rings is 1. The first kappa shape index (κ1) is 11.3. The number of ether oxygens (including phenoxy) is 1. The zero-order chi connectivity index (χ0) is 11.5. The molecule has 0 aromatic heterocycles. The van der Waals surface area contributed by atoms with Crippen LogP contribution in [0.3, 0.4) is 0 Å². The molecule has 1 aliphatic heterocycles. The number of benzene rings is 1. The Morgan fingerprint density at radius 1 is 1.25 bits per heavy atom. The van der Waals surface area contributed by atoms with Crippen LogP contribution in [0.15, 0.2) is 24.3 Å². The van der Waals surface area contributed by atoms with Crippen molar-refractivity contribution in [2.75, 3.05) is 25.1 Å². The summed E-state index contributed by atoms with van der Waals surface area (Å²) in [5.41, 5.74) is 1.28. The van der Waals surface area contributed by atoms with Crippen LogP contribution in [0.25, 0.3) is 0 Å². The molecule has 88 valence electrons. The van der Waals surface area contributed by atoms with Gasteiger partial charge in [0, 0.05) is 30.9 Å². The Hall–Kier alpha value is -1.22. The number of methoxy groups -OCH3 is 1. The molecule has 1 aromatic carbocycles. The summed E-state index contributed by atoms with van der Waals surface area (Å²) >= 11 is 0. The van der Waals surface area contributed by atoms with Crippen molar-refractivity contribution in [3.63, 3.8) is 0 Å². The molecule has 2 rings (SSSR count). The lowest BCUT2D eigenvalue weighted by molar-refractivity contribution is 0.413. The number of hydrogen-bond donors (Lipinski definition) is 1. The van der Waals surface area contributed by atoms with Gasteiger partial charge in [0.05, 0.1) is 7.11 Å². The molecule has 1 aromatic rings. The topological polar surface area (TPSA) is 24.5 Å². The van der Waals surface area contributed by atoms with Crippen LogP contribution in [-0.2, 0) is 0 Å². The normalized spacial score (nSPS) is 25.6. The molecule has 2 atom stereocenters. The Morgan fingerprint density at radius 2 is 1.94 bits per heavy atom. The van der Waals surface area contributed by atoms with Crippen molar-refractivity contribution in [1.82, 2.24) is 5.32 Å². The molecule has 0 aliphatic carbocycles. The highest BCUT2D eigenvalue weighted by Gasteiger charge is 2.22. The maximum absolute atomic E-state index is 5.17. The van der Waals surface area contributed by atoms with E-state index in [-0.39, 0.29) is 0 Å². The Kier molecular flexibility index (Phi) is 3.34. The molecule has 1 aliphatic rings. The molecule has 0 amide bonds. The number of rotatable bonds is 2. The monoisotopic (exact) mass is 220 g/mol. The lowest BCUT2D eigenvalue weighted by Gasteiger charge is -2.39. The van der Waals surface area contributed by atoms with E-state index in [4.69, 9.17) is 4.74 Å². The zero-order valence-corrected chi connectivity index (χ0v) is 10.2. The summed E-state index contributed by atoms with van der Waals surface area (Å²) in [6, 6.07) is 9.41. The van der Waals surface area contributed by atoms with Gasteiger partial charge in [-0.25, -0.2) is 0 Å². The quantitative estimate of drug-likeness (QED) is 0.823. The SMILES string of the molecule is COc1ccc(N2CC(C)NCC2C)cc1. The fourth-order valence-electron chi connectivity index (χ4n) is 2.16. The molecule has 3 heteroatoms. The molecule has 0 spiro atoms. The van der Waals surface area contributed by atoms with Gasteiger partial charge in [0.15, 0.2) is 0 Å². The lowest BCUT2D eigenvalue weighted by atomic mass is 10.1. The molecular weight excluding hydrogens is 200 g/mol. The third-order valence-corrected chi connectivity index (χ3v) is 3.17. The number of hydrogen-bond acceptors (Lipinski definition) is 3. The summed E-state index contributed by atoms with van der Waals surface area (Å²) in [6.07, 6.45) is 0. The van der Waals surface area contributed by atoms with Crippen LogP contribution in [0.5, 0.6) is 5.75 Å². The molecule has 1 heterocycles. The summed E-state index contributed by atoms with van der Waals surface area (Å²) in [6.45, 7) is 6.59. The van der Waals surface area contributed by atoms with Gasteiger partial charge >= 0.3 is 0 Å². The first-order valence-corrected chi connectivity index (χ1v) is 5.85. The molecule has 1 fully saturated rings. The first-order chi connectivity index (χ1) is 7.70. The molecule has 0 bridgehead atoms. The van der Waals surface area contributed by atoms with Gasteiger partial charge < -0.3 is 15.0 Å². The van der Waals surface area contributed by atoms with E-state index in [1.165, 1.54) is 5.69 Å². The van der Waals surface area contributed by atoms with Gasteiger partial charge in [-0.05, 0) is 38.1 Å². The highest BCUT2D eigenvalue weighted by Crippen LogP contribution is 2.22. The zero-order valence-electron chi connectivity index (χ0n) is 10.2. The fourth-order valence-corrected chi connectivity index (χ4v) is 2.16. The van der Waals surface area contributed by atoms with E-state index in [0.717, 1.165) is 18.8 Å². The maximum Gasteiger partial charge on any atom is 0.119 e. The van der Waals surface area contributed by atoms with Crippen molar-refractivity contribution in [1.29, 1.82) is 0 Å². The Bertz CT molecular complexity index is 336. The molecule has 1 saturated heterocycles. The number of anilines is 1. The molecule has 2 unspecified atom stereocenters. The van der Waals surface area contributed by atoms with Crippen LogP contribution in [0.4, 0.5) is 5.69 Å². The van der Waals surface area contributed by atoms with E-state index in [1.807, 2.05) is 12.1 Å². The Morgan fingerprint density at radius 3 is 2.56 bits per heavy atom. The molecular formula is C13H20N2O. The van der Waals surface area contributed by atoms with Crippen LogP contribution in [-0.4, -0.2) is 32.3 Å². The van der Waals surface area contributed by atoms with Crippen molar-refractivity contribution < 1.29 is 4.74 Å². The van der Waals surface area contributed by atoms with E-state index in [0.29, 0.717) is 12.1 Å². The molecule has 0 radical (unpaired) electrons. The van der Waals surface area contributed by atoms with Crippen LogP contribution in [0, 0.1) is 0 Å². The minimum atomic E-state index is 0.546. The standard InChI is InChI=1S/C13H20N2O/c1-10-9-15(11(2)8-14-10)12-4-6-13(16-3)7-5-12/h4-7,10-11,14H,8-9H2,1-3H3. The number of nitrogens with zero attached hydrogens (tertiary/aromatic N) is 1. The van der Waals surface area contributed by atoms with E-state index in [9.17, 15) is 0 Å². The lowest BCUT2D eigenvalue weighted by Crippen LogP contribution is -2.54. The second-order valence-electron chi connectivity index (χ2n) is 4.51. The Balaban J connectivity index is 2.15. The molecule has 3 nitrogen and oxygen atoms in total. The largest absolute Gasteiger partial charge is 0.497 e. The molecule has 1 N–H and O–H groups in total. The second-order valence-corrected chi connectivity index (χ2v) is 4.51. The average molecular weight is 220 g/mol. The molecule has 16 heavy (non-hydrogen) atoms. The van der Waals surface area contributed by atoms with E-state index < -0.39 is 0 Å². The predicted octanol–water partition coefficient (Wildman–Crippen LogP) is 1.88. The van der Waals surface area contributed by atoms with Crippen molar-refractivity contribution in [2.45, 2.75) is 25.9 Å². The van der Waals surface area contributed by atoms with Crippen LogP contribution >= 0.6 is 0 Å². The van der Waals surface area contributed by atoms with Gasteiger partial charge in [-0.3, -0.25) is 0 Å². The van der Waals surface area contributed by atoms with Gasteiger partial charge in [0.25, 0.3) is 0 Å². The van der Waals surface area contributed by atoms with Crippen molar-refractivity contribution in [3.8, 4) is 5.75 Å². The van der Waals surface area contributed by atoms with Gasteiger partial charge in [0.2, 0.25) is 0 Å². The van der Waals surface area contributed by atoms with Crippen LogP contribution in [0.1, 0.15) is 13.8 Å². The van der Waals surface area contributed by atoms with Crippen LogP contribution < -0.4 is 15.0 Å². The van der Waals surface area contributed by atoms with Crippen molar-refractivity contribution >= 4 is 5.69 Å². The smallest absolute Gasteiger partial charge is 0.119 e. The van der Waals surface area contributed by atoms with E-state index in [2.05, 4.69) is 36.2 Å². The third-order valence-electron chi connectivity index (χ3n) is 3.17. The summed E-state index contributed by atoms with van der Waals surface area (Å²) in [7, 11) is 1.70. The summed E-state index contributed by atoms with van der Waals surface area (Å²) in [5, 5.41) is 3.49. The fraction of sp³-hybridized carbons (Fsp3) is 0.538. The van der Waals surface area contributed by atoms with E-state index >= 15 is 0 Å². The molecule has 0 saturated carbocycles. The van der Waals surface area contributed by atoms with E-state index in [1.54, 1.807) is 7.11 Å². The highest BCUT2D eigenvalue weighted by atomic mass is 16.5. The summed E-state index contributed by atoms with van der Waals surface area (Å²) in [4.78, 5) is 2.45. The highest BCUT2D eigenvalue weighted by molar-refractivity contribution is 5.50. The Labute approximate surface area is 97.4 Å². The second kappa shape index (κ2) is 4.74. The average Bonchev–Trinajstić information content (AvgIpc) is 2.32.